The zero-order chi connectivity index (χ0) is 19.5. The van der Waals surface area contributed by atoms with Crippen LogP contribution in [-0.2, 0) is 13.6 Å². The van der Waals surface area contributed by atoms with E-state index >= 15 is 0 Å². The molecular weight excluding hydrogens is 364 g/mol. The van der Waals surface area contributed by atoms with Gasteiger partial charge in [0.1, 0.15) is 5.76 Å². The number of rotatable bonds is 7. The van der Waals surface area contributed by atoms with Crippen LogP contribution in [0.25, 0.3) is 11.1 Å². The number of oxazole rings is 1. The first kappa shape index (κ1) is 17.6. The predicted octanol–water partition coefficient (Wildman–Crippen LogP) is 2.66. The van der Waals surface area contributed by atoms with Crippen LogP contribution in [0.3, 0.4) is 0 Å². The van der Waals surface area contributed by atoms with Gasteiger partial charge >= 0.3 is 11.8 Å². The number of nitrogens with one attached hydrogen (secondary N) is 2. The lowest BCUT2D eigenvalue weighted by Gasteiger charge is -2.09. The lowest BCUT2D eigenvalue weighted by atomic mass is 10.3. The molecule has 0 radical (unpaired) electrons. The van der Waals surface area contributed by atoms with Crippen molar-refractivity contribution in [3.63, 3.8) is 0 Å². The van der Waals surface area contributed by atoms with Gasteiger partial charge in [0.05, 0.1) is 24.9 Å². The highest BCUT2D eigenvalue weighted by Gasteiger charge is 2.11. The molecule has 0 fully saturated rings. The van der Waals surface area contributed by atoms with E-state index in [0.717, 1.165) is 5.76 Å². The highest BCUT2D eigenvalue weighted by Crippen LogP contribution is 2.21. The van der Waals surface area contributed by atoms with Gasteiger partial charge in [0, 0.05) is 18.8 Å². The van der Waals surface area contributed by atoms with E-state index in [2.05, 4.69) is 25.6 Å². The number of anilines is 3. The van der Waals surface area contributed by atoms with Crippen LogP contribution in [-0.4, -0.2) is 26.1 Å². The molecule has 3 heterocycles. The number of nitrogens with zero attached hydrogens (tertiary/aromatic N) is 4. The van der Waals surface area contributed by atoms with Gasteiger partial charge in [-0.3, -0.25) is 4.57 Å². The number of aromatic nitrogens is 4. The summed E-state index contributed by atoms with van der Waals surface area (Å²) < 4.78 is 17.4. The molecule has 0 spiro atoms. The third-order valence-corrected chi connectivity index (χ3v) is 3.94. The first-order valence-electron chi connectivity index (χ1n) is 8.64. The fourth-order valence-corrected chi connectivity index (χ4v) is 2.61. The largest absolute Gasteiger partial charge is 0.467 e. The van der Waals surface area contributed by atoms with E-state index in [0.29, 0.717) is 35.9 Å². The highest BCUT2D eigenvalue weighted by molar-refractivity contribution is 5.78. The molecule has 3 aromatic heterocycles. The van der Waals surface area contributed by atoms with Crippen LogP contribution in [0.1, 0.15) is 12.7 Å². The Labute approximate surface area is 159 Å². The van der Waals surface area contributed by atoms with Gasteiger partial charge in [-0.15, -0.1) is 0 Å². The summed E-state index contributed by atoms with van der Waals surface area (Å²) in [5, 5.41) is 6.15. The molecule has 10 heteroatoms. The Morgan fingerprint density at radius 2 is 2.04 bits per heavy atom. The van der Waals surface area contributed by atoms with Gasteiger partial charge in [-0.25, -0.2) is 4.79 Å². The Morgan fingerprint density at radius 3 is 2.82 bits per heavy atom. The van der Waals surface area contributed by atoms with Gasteiger partial charge in [0.2, 0.25) is 11.9 Å². The van der Waals surface area contributed by atoms with Crippen LogP contribution in [0, 0.1) is 0 Å². The number of benzene rings is 1. The average molecular weight is 382 g/mol. The molecule has 0 unspecified atom stereocenters. The summed E-state index contributed by atoms with van der Waals surface area (Å²) in [6, 6.07) is 9.13. The molecule has 2 N–H and O–H groups in total. The summed E-state index contributed by atoms with van der Waals surface area (Å²) >= 11 is 0. The fourth-order valence-electron chi connectivity index (χ4n) is 2.61. The van der Waals surface area contributed by atoms with Crippen LogP contribution >= 0.6 is 0 Å². The van der Waals surface area contributed by atoms with Gasteiger partial charge < -0.3 is 24.2 Å². The lowest BCUT2D eigenvalue weighted by Crippen LogP contribution is -2.09. The minimum atomic E-state index is -0.421. The molecule has 0 amide bonds. The fraction of sp³-hybridized carbons (Fsp3) is 0.222. The maximum absolute atomic E-state index is 11.6. The second-order valence-corrected chi connectivity index (χ2v) is 5.87. The molecule has 10 nitrogen and oxygen atoms in total. The molecule has 28 heavy (non-hydrogen) atoms. The zero-order valence-corrected chi connectivity index (χ0v) is 15.3. The Morgan fingerprint density at radius 1 is 1.18 bits per heavy atom. The van der Waals surface area contributed by atoms with Gasteiger partial charge in [-0.2, -0.15) is 15.0 Å². The van der Waals surface area contributed by atoms with Gasteiger partial charge in [0.15, 0.2) is 5.58 Å². The molecule has 0 aliphatic heterocycles. The zero-order valence-electron chi connectivity index (χ0n) is 15.3. The van der Waals surface area contributed by atoms with Crippen molar-refractivity contribution in [2.75, 3.05) is 17.2 Å². The third kappa shape index (κ3) is 3.65. The first-order valence-corrected chi connectivity index (χ1v) is 8.64. The van der Waals surface area contributed by atoms with Crippen molar-refractivity contribution >= 4 is 28.7 Å². The van der Waals surface area contributed by atoms with E-state index in [1.807, 2.05) is 13.0 Å². The maximum Gasteiger partial charge on any atom is 0.419 e. The molecule has 4 aromatic rings. The second-order valence-electron chi connectivity index (χ2n) is 5.87. The monoisotopic (exact) mass is 382 g/mol. The Hall–Kier alpha value is -3.82. The normalized spacial score (nSPS) is 10.9. The Kier molecular flexibility index (Phi) is 4.67. The predicted molar refractivity (Wildman–Crippen MR) is 102 cm³/mol. The number of hydrogen-bond acceptors (Lipinski definition) is 9. The van der Waals surface area contributed by atoms with Crippen molar-refractivity contribution in [3.8, 4) is 6.01 Å². The van der Waals surface area contributed by atoms with E-state index in [9.17, 15) is 4.79 Å². The van der Waals surface area contributed by atoms with E-state index < -0.39 is 5.76 Å². The summed E-state index contributed by atoms with van der Waals surface area (Å²) in [7, 11) is 1.65. The topological polar surface area (TPSA) is 120 Å². The van der Waals surface area contributed by atoms with Crippen molar-refractivity contribution in [2.24, 2.45) is 7.05 Å². The molecule has 0 bridgehead atoms. The molecule has 1 aromatic carbocycles. The number of fused-ring (bicyclic) bond motifs is 1. The van der Waals surface area contributed by atoms with Crippen molar-refractivity contribution < 1.29 is 13.6 Å². The SMILES string of the molecule is CCOc1nc(NCc2ccco2)nc(Nc2ccc3c(c2)oc(=O)n3C)n1. The summed E-state index contributed by atoms with van der Waals surface area (Å²) in [5.74, 6) is 0.954. The minimum Gasteiger partial charge on any atom is -0.467 e. The van der Waals surface area contributed by atoms with Gasteiger partial charge in [0.25, 0.3) is 0 Å². The van der Waals surface area contributed by atoms with Crippen LogP contribution in [0.2, 0.25) is 0 Å². The lowest BCUT2D eigenvalue weighted by molar-refractivity contribution is 0.312. The third-order valence-electron chi connectivity index (χ3n) is 3.94. The molecule has 0 saturated heterocycles. The molecule has 4 rings (SSSR count). The molecule has 0 saturated carbocycles. The van der Waals surface area contributed by atoms with Crippen LogP contribution < -0.4 is 21.1 Å². The maximum atomic E-state index is 11.6. The molecule has 0 aliphatic carbocycles. The number of furan rings is 1. The van der Waals surface area contributed by atoms with Crippen molar-refractivity contribution in [2.45, 2.75) is 13.5 Å². The quantitative estimate of drug-likeness (QED) is 0.497. The summed E-state index contributed by atoms with van der Waals surface area (Å²) in [6.45, 7) is 2.68. The van der Waals surface area contributed by atoms with Crippen LogP contribution in [0.5, 0.6) is 6.01 Å². The van der Waals surface area contributed by atoms with E-state index in [1.165, 1.54) is 4.57 Å². The smallest absolute Gasteiger partial charge is 0.419 e. The van der Waals surface area contributed by atoms with E-state index in [4.69, 9.17) is 13.6 Å². The number of ether oxygens (including phenoxy) is 1. The van der Waals surface area contributed by atoms with Gasteiger partial charge in [-0.05, 0) is 31.2 Å². The second kappa shape index (κ2) is 7.43. The minimum absolute atomic E-state index is 0.189. The van der Waals surface area contributed by atoms with Crippen molar-refractivity contribution in [1.29, 1.82) is 0 Å². The first-order chi connectivity index (χ1) is 13.6. The standard InChI is InChI=1S/C18H18N6O4/c1-3-26-17-22-15(19-10-12-5-4-8-27-12)21-16(23-17)20-11-6-7-13-14(9-11)28-18(25)24(13)2/h4-9H,3,10H2,1-2H3,(H2,19,20,21,22,23). The van der Waals surface area contributed by atoms with Gasteiger partial charge in [-0.1, -0.05) is 0 Å². The molecular formula is C18H18N6O4. The van der Waals surface area contributed by atoms with Crippen molar-refractivity contribution in [1.82, 2.24) is 19.5 Å². The molecule has 0 aliphatic rings. The Bertz CT molecular complexity index is 1150. The summed E-state index contributed by atoms with van der Waals surface area (Å²) in [6.07, 6.45) is 1.60. The van der Waals surface area contributed by atoms with E-state index in [-0.39, 0.29) is 12.0 Å². The molecule has 144 valence electrons. The van der Waals surface area contributed by atoms with Crippen molar-refractivity contribution in [3.05, 3.63) is 52.9 Å². The number of hydrogen-bond donors (Lipinski definition) is 2. The molecule has 0 atom stereocenters. The average Bonchev–Trinajstić information content (AvgIpc) is 3.29. The van der Waals surface area contributed by atoms with E-state index in [1.54, 1.807) is 37.6 Å². The van der Waals surface area contributed by atoms with Crippen LogP contribution in [0.15, 0.2) is 50.2 Å². The summed E-state index contributed by atoms with van der Waals surface area (Å²) in [5.41, 5.74) is 1.82. The highest BCUT2D eigenvalue weighted by atomic mass is 16.5. The van der Waals surface area contributed by atoms with Crippen LogP contribution in [0.4, 0.5) is 17.6 Å². The summed E-state index contributed by atoms with van der Waals surface area (Å²) in [4.78, 5) is 24.5. The number of aryl methyl sites for hydroxylation is 1. The Balaban J connectivity index is 1.59.